The molecule has 0 N–H and O–H groups in total. The van der Waals surface area contributed by atoms with Gasteiger partial charge in [-0.1, -0.05) is 41.9 Å². The van der Waals surface area contributed by atoms with Gasteiger partial charge in [0.15, 0.2) is 0 Å². The summed E-state index contributed by atoms with van der Waals surface area (Å²) in [6.07, 6.45) is 1.87. The second-order valence-electron chi connectivity index (χ2n) is 7.55. The molecule has 1 aliphatic heterocycles. The topological polar surface area (TPSA) is 23.6 Å². The molecule has 0 spiro atoms. The highest BCUT2D eigenvalue weighted by Crippen LogP contribution is 2.50. The summed E-state index contributed by atoms with van der Waals surface area (Å²) in [5.41, 5.74) is 2.21. The van der Waals surface area contributed by atoms with Crippen molar-refractivity contribution in [3.05, 3.63) is 70.5 Å². The number of nitrogens with zero attached hydrogens (tertiary/aromatic N) is 2. The van der Waals surface area contributed by atoms with Crippen molar-refractivity contribution in [3.8, 4) is 0 Å². The van der Waals surface area contributed by atoms with E-state index in [1.807, 2.05) is 41.3 Å². The van der Waals surface area contributed by atoms with E-state index in [1.54, 1.807) is 0 Å². The van der Waals surface area contributed by atoms with E-state index in [-0.39, 0.29) is 23.6 Å². The van der Waals surface area contributed by atoms with Gasteiger partial charge in [-0.3, -0.25) is 9.69 Å². The third kappa shape index (κ3) is 4.33. The van der Waals surface area contributed by atoms with Crippen LogP contribution < -0.4 is 0 Å². The van der Waals surface area contributed by atoms with E-state index < -0.39 is 0 Å². The summed E-state index contributed by atoms with van der Waals surface area (Å²) in [6.45, 7) is 4.18. The van der Waals surface area contributed by atoms with E-state index in [9.17, 15) is 9.18 Å². The maximum atomic E-state index is 13.1. The summed E-state index contributed by atoms with van der Waals surface area (Å²) in [5.74, 6) is 0.408. The van der Waals surface area contributed by atoms with Crippen LogP contribution >= 0.6 is 11.6 Å². The molecule has 0 aromatic heterocycles. The molecule has 1 saturated carbocycles. The lowest BCUT2D eigenvalue weighted by Gasteiger charge is -2.22. The number of hydrogen-bond donors (Lipinski definition) is 0. The number of hydrogen-bond acceptors (Lipinski definition) is 2. The fourth-order valence-electron chi connectivity index (χ4n) is 4.02. The molecule has 1 amide bonds. The van der Waals surface area contributed by atoms with Gasteiger partial charge in [0.2, 0.25) is 5.91 Å². The molecule has 27 heavy (non-hydrogen) atoms. The minimum Gasteiger partial charge on any atom is -0.341 e. The van der Waals surface area contributed by atoms with Crippen LogP contribution in [0.3, 0.4) is 0 Å². The Labute approximate surface area is 164 Å². The lowest BCUT2D eigenvalue weighted by atomic mass is 10.1. The fraction of sp³-hybridized carbons (Fsp3) is 0.409. The van der Waals surface area contributed by atoms with Gasteiger partial charge in [-0.15, -0.1) is 0 Å². The normalized spacial score (nSPS) is 23.1. The Kier molecular flexibility index (Phi) is 5.46. The Bertz CT molecular complexity index is 810. The quantitative estimate of drug-likeness (QED) is 0.781. The van der Waals surface area contributed by atoms with Crippen molar-refractivity contribution in [2.45, 2.75) is 25.3 Å². The van der Waals surface area contributed by atoms with Gasteiger partial charge < -0.3 is 4.90 Å². The number of amides is 1. The van der Waals surface area contributed by atoms with Crippen LogP contribution in [0.15, 0.2) is 48.5 Å². The molecule has 2 atom stereocenters. The summed E-state index contributed by atoms with van der Waals surface area (Å²) >= 11 is 6.29. The van der Waals surface area contributed by atoms with Crippen molar-refractivity contribution in [2.75, 3.05) is 26.2 Å². The molecule has 5 heteroatoms. The molecule has 1 saturated heterocycles. The van der Waals surface area contributed by atoms with Gasteiger partial charge in [-0.2, -0.15) is 0 Å². The van der Waals surface area contributed by atoms with Crippen LogP contribution in [0.25, 0.3) is 0 Å². The second-order valence-corrected chi connectivity index (χ2v) is 7.96. The van der Waals surface area contributed by atoms with Crippen LogP contribution in [-0.2, 0) is 11.3 Å². The SMILES string of the molecule is O=C(C1CC1c1ccccc1Cl)N1CCCN(Cc2ccc(F)cc2)CC1. The molecule has 0 radical (unpaired) electrons. The number of benzene rings is 2. The summed E-state index contributed by atoms with van der Waals surface area (Å²) in [7, 11) is 0. The van der Waals surface area contributed by atoms with E-state index >= 15 is 0 Å². The van der Waals surface area contributed by atoms with Crippen molar-refractivity contribution >= 4 is 17.5 Å². The molecule has 2 aromatic rings. The third-order valence-corrected chi connectivity index (χ3v) is 5.98. The minimum absolute atomic E-state index is 0.0774. The summed E-state index contributed by atoms with van der Waals surface area (Å²) < 4.78 is 13.1. The Hall–Kier alpha value is -1.91. The van der Waals surface area contributed by atoms with Crippen LogP contribution in [-0.4, -0.2) is 41.9 Å². The van der Waals surface area contributed by atoms with Gasteiger partial charge >= 0.3 is 0 Å². The Morgan fingerprint density at radius 3 is 2.59 bits per heavy atom. The van der Waals surface area contributed by atoms with Gasteiger partial charge in [0.25, 0.3) is 0 Å². The standard InChI is InChI=1S/C22H24ClFN2O/c23-21-5-2-1-4-18(21)19-14-20(19)22(27)26-11-3-10-25(12-13-26)15-16-6-8-17(24)9-7-16/h1-2,4-9,19-20H,3,10-15H2. The Morgan fingerprint density at radius 1 is 1.04 bits per heavy atom. The van der Waals surface area contributed by atoms with Crippen LogP contribution in [0.5, 0.6) is 0 Å². The van der Waals surface area contributed by atoms with E-state index in [0.717, 1.165) is 61.7 Å². The highest BCUT2D eigenvalue weighted by Gasteiger charge is 2.46. The molecule has 1 aliphatic carbocycles. The van der Waals surface area contributed by atoms with Crippen LogP contribution in [0, 0.1) is 11.7 Å². The molecular formula is C22H24ClFN2O. The van der Waals surface area contributed by atoms with Gasteiger partial charge in [-0.05, 0) is 48.1 Å². The second kappa shape index (κ2) is 7.99. The average molecular weight is 387 g/mol. The first-order valence-electron chi connectivity index (χ1n) is 9.62. The molecule has 0 bridgehead atoms. The van der Waals surface area contributed by atoms with Crippen molar-refractivity contribution < 1.29 is 9.18 Å². The highest BCUT2D eigenvalue weighted by atomic mass is 35.5. The van der Waals surface area contributed by atoms with E-state index in [4.69, 9.17) is 11.6 Å². The predicted octanol–water partition coefficient (Wildman–Crippen LogP) is 4.32. The van der Waals surface area contributed by atoms with Gasteiger partial charge in [0.1, 0.15) is 5.82 Å². The average Bonchev–Trinajstić information content (AvgIpc) is 3.48. The zero-order valence-electron chi connectivity index (χ0n) is 15.3. The first-order chi connectivity index (χ1) is 13.1. The largest absolute Gasteiger partial charge is 0.341 e. The van der Waals surface area contributed by atoms with E-state index in [0.29, 0.717) is 0 Å². The van der Waals surface area contributed by atoms with Gasteiger partial charge in [0, 0.05) is 43.7 Å². The molecule has 2 fully saturated rings. The lowest BCUT2D eigenvalue weighted by molar-refractivity contribution is -0.132. The molecule has 2 unspecified atom stereocenters. The highest BCUT2D eigenvalue weighted by molar-refractivity contribution is 6.31. The van der Waals surface area contributed by atoms with Crippen LogP contribution in [0.2, 0.25) is 5.02 Å². The Balaban J connectivity index is 1.32. The lowest BCUT2D eigenvalue weighted by Crippen LogP contribution is -2.36. The maximum absolute atomic E-state index is 13.1. The summed E-state index contributed by atoms with van der Waals surface area (Å²) in [4.78, 5) is 17.3. The van der Waals surface area contributed by atoms with Gasteiger partial charge in [0.05, 0.1) is 0 Å². The number of halogens is 2. The van der Waals surface area contributed by atoms with Crippen molar-refractivity contribution in [2.24, 2.45) is 5.92 Å². The first kappa shape index (κ1) is 18.5. The number of rotatable bonds is 4. The zero-order chi connectivity index (χ0) is 18.8. The van der Waals surface area contributed by atoms with Crippen molar-refractivity contribution in [1.29, 1.82) is 0 Å². The summed E-state index contributed by atoms with van der Waals surface area (Å²) in [6, 6.07) is 14.5. The minimum atomic E-state index is -0.205. The van der Waals surface area contributed by atoms with Gasteiger partial charge in [-0.25, -0.2) is 4.39 Å². The number of carbonyl (C=O) groups excluding carboxylic acids is 1. The fourth-order valence-corrected chi connectivity index (χ4v) is 4.30. The van der Waals surface area contributed by atoms with Crippen LogP contribution in [0.1, 0.15) is 29.9 Å². The molecule has 4 rings (SSSR count). The van der Waals surface area contributed by atoms with E-state index in [2.05, 4.69) is 4.90 Å². The van der Waals surface area contributed by atoms with E-state index in [1.165, 1.54) is 12.1 Å². The molecule has 2 aliphatic rings. The predicted molar refractivity (Wildman–Crippen MR) is 105 cm³/mol. The number of carbonyl (C=O) groups is 1. The molecule has 142 valence electrons. The molecule has 3 nitrogen and oxygen atoms in total. The summed E-state index contributed by atoms with van der Waals surface area (Å²) in [5, 5.41) is 0.763. The first-order valence-corrected chi connectivity index (χ1v) is 9.99. The molecule has 1 heterocycles. The molecule has 2 aromatic carbocycles. The monoisotopic (exact) mass is 386 g/mol. The molecular weight excluding hydrogens is 363 g/mol. The van der Waals surface area contributed by atoms with Crippen molar-refractivity contribution in [1.82, 2.24) is 9.80 Å². The Morgan fingerprint density at radius 2 is 1.81 bits per heavy atom. The van der Waals surface area contributed by atoms with Crippen LogP contribution in [0.4, 0.5) is 4.39 Å². The maximum Gasteiger partial charge on any atom is 0.226 e. The van der Waals surface area contributed by atoms with Crippen molar-refractivity contribution in [3.63, 3.8) is 0 Å². The third-order valence-electron chi connectivity index (χ3n) is 5.63. The smallest absolute Gasteiger partial charge is 0.226 e. The zero-order valence-corrected chi connectivity index (χ0v) is 16.0.